The normalized spacial score (nSPS) is 17.2. The van der Waals surface area contributed by atoms with Crippen molar-refractivity contribution in [1.82, 2.24) is 15.1 Å². The Morgan fingerprint density at radius 2 is 1.96 bits per heavy atom. The zero-order valence-electron chi connectivity index (χ0n) is 14.4. The molecule has 0 spiro atoms. The van der Waals surface area contributed by atoms with Crippen LogP contribution in [-0.4, -0.2) is 40.7 Å². The van der Waals surface area contributed by atoms with Crippen molar-refractivity contribution >= 4 is 0 Å². The number of piperidine rings is 1. The number of H-pyrrole nitrogens is 1. The lowest BCUT2D eigenvalue weighted by atomic mass is 9.99. The smallest absolute Gasteiger partial charge is 0.299 e. The van der Waals surface area contributed by atoms with Gasteiger partial charge in [0, 0.05) is 30.8 Å². The number of aromatic amines is 1. The van der Waals surface area contributed by atoms with Gasteiger partial charge in [-0.3, -0.25) is 14.7 Å². The summed E-state index contributed by atoms with van der Waals surface area (Å²) in [6, 6.07) is 6.27. The first-order chi connectivity index (χ1) is 11.8. The Labute approximate surface area is 145 Å². The number of aryl methyl sites for hydroxylation is 2. The molecule has 0 bridgehead atoms. The minimum Gasteiger partial charge on any atom is -0.299 e. The number of halogens is 3. The number of alkyl halides is 3. The van der Waals surface area contributed by atoms with Gasteiger partial charge in [0.25, 0.3) is 0 Å². The Kier molecular flexibility index (Phi) is 5.15. The molecule has 1 aliphatic rings. The first-order valence-electron chi connectivity index (χ1n) is 8.38. The van der Waals surface area contributed by atoms with Gasteiger partial charge in [0.2, 0.25) is 0 Å². The van der Waals surface area contributed by atoms with Crippen LogP contribution in [-0.2, 0) is 11.3 Å². The van der Waals surface area contributed by atoms with Crippen LogP contribution in [0.15, 0.2) is 24.4 Å². The maximum Gasteiger partial charge on any atom is 0.522 e. The molecule has 0 aliphatic carbocycles. The van der Waals surface area contributed by atoms with E-state index in [0.717, 1.165) is 22.4 Å². The first-order valence-corrected chi connectivity index (χ1v) is 8.38. The van der Waals surface area contributed by atoms with Gasteiger partial charge in [-0.2, -0.15) is 5.10 Å². The molecule has 0 unspecified atom stereocenters. The molecule has 2 heterocycles. The van der Waals surface area contributed by atoms with Gasteiger partial charge in [-0.1, -0.05) is 17.7 Å². The van der Waals surface area contributed by atoms with Gasteiger partial charge in [-0.15, -0.1) is 13.2 Å². The Morgan fingerprint density at radius 3 is 2.64 bits per heavy atom. The zero-order chi connectivity index (χ0) is 18.0. The highest BCUT2D eigenvalue weighted by atomic mass is 19.4. The summed E-state index contributed by atoms with van der Waals surface area (Å²) in [5.41, 5.74) is 5.49. The van der Waals surface area contributed by atoms with E-state index < -0.39 is 12.5 Å². The van der Waals surface area contributed by atoms with Crippen molar-refractivity contribution in [3.8, 4) is 11.3 Å². The first kappa shape index (κ1) is 17.9. The molecule has 1 aliphatic heterocycles. The van der Waals surface area contributed by atoms with Crippen LogP contribution in [0.3, 0.4) is 0 Å². The van der Waals surface area contributed by atoms with Crippen LogP contribution in [0.2, 0.25) is 0 Å². The molecular formula is C18H22F3N3O. The fraction of sp³-hybridized carbons (Fsp3) is 0.500. The second-order valence-electron chi connectivity index (χ2n) is 6.63. The standard InChI is InChI=1S/C18H22F3N3O/c1-12-3-4-13(2)16(9-12)17-14(10-22-23-17)11-24-7-5-15(6-8-24)25-18(19,20)21/h3-4,9-10,15H,5-8,11H2,1-2H3,(H,22,23). The zero-order valence-corrected chi connectivity index (χ0v) is 14.4. The van der Waals surface area contributed by atoms with Crippen LogP contribution in [0, 0.1) is 13.8 Å². The van der Waals surface area contributed by atoms with Crippen LogP contribution in [0.4, 0.5) is 13.2 Å². The fourth-order valence-electron chi connectivity index (χ4n) is 3.28. The number of hydrogen-bond donors (Lipinski definition) is 1. The molecule has 25 heavy (non-hydrogen) atoms. The SMILES string of the molecule is Cc1ccc(C)c(-c2[nH]ncc2CN2CCC(OC(F)(F)F)CC2)c1. The lowest BCUT2D eigenvalue weighted by Crippen LogP contribution is -2.38. The summed E-state index contributed by atoms with van der Waals surface area (Å²) in [6.45, 7) is 5.93. The lowest BCUT2D eigenvalue weighted by molar-refractivity contribution is -0.345. The van der Waals surface area contributed by atoms with Crippen LogP contribution < -0.4 is 0 Å². The average Bonchev–Trinajstić information content (AvgIpc) is 2.98. The number of hydrogen-bond acceptors (Lipinski definition) is 3. The third-order valence-electron chi connectivity index (χ3n) is 4.61. The van der Waals surface area contributed by atoms with Gasteiger partial charge in [-0.05, 0) is 38.3 Å². The lowest BCUT2D eigenvalue weighted by Gasteiger charge is -2.32. The van der Waals surface area contributed by atoms with Crippen LogP contribution >= 0.6 is 0 Å². The van der Waals surface area contributed by atoms with Gasteiger partial charge in [0.05, 0.1) is 18.0 Å². The molecule has 0 radical (unpaired) electrons. The van der Waals surface area contributed by atoms with E-state index in [0.29, 0.717) is 32.5 Å². The van der Waals surface area contributed by atoms with E-state index in [1.54, 1.807) is 6.20 Å². The monoisotopic (exact) mass is 353 g/mol. The van der Waals surface area contributed by atoms with E-state index in [4.69, 9.17) is 0 Å². The molecule has 1 saturated heterocycles. The fourth-order valence-corrected chi connectivity index (χ4v) is 3.28. The summed E-state index contributed by atoms with van der Waals surface area (Å²) < 4.78 is 41.1. The molecular weight excluding hydrogens is 331 g/mol. The molecule has 1 fully saturated rings. The number of nitrogens with zero attached hydrogens (tertiary/aromatic N) is 2. The van der Waals surface area contributed by atoms with E-state index in [1.165, 1.54) is 5.56 Å². The Morgan fingerprint density at radius 1 is 1.24 bits per heavy atom. The maximum absolute atomic E-state index is 12.3. The summed E-state index contributed by atoms with van der Waals surface area (Å²) in [5, 5.41) is 7.24. The number of rotatable bonds is 4. The predicted octanol–water partition coefficient (Wildman–Crippen LogP) is 4.19. The summed E-state index contributed by atoms with van der Waals surface area (Å²) in [5.74, 6) is 0. The van der Waals surface area contributed by atoms with E-state index in [9.17, 15) is 13.2 Å². The van der Waals surface area contributed by atoms with Crippen LogP contribution in [0.25, 0.3) is 11.3 Å². The third-order valence-corrected chi connectivity index (χ3v) is 4.61. The van der Waals surface area contributed by atoms with Crippen LogP contribution in [0.5, 0.6) is 0 Å². The summed E-state index contributed by atoms with van der Waals surface area (Å²) in [6.07, 6.45) is -2.71. The molecule has 0 amide bonds. The molecule has 0 saturated carbocycles. The van der Waals surface area contributed by atoms with Crippen molar-refractivity contribution in [2.75, 3.05) is 13.1 Å². The van der Waals surface area contributed by atoms with Crippen molar-refractivity contribution in [2.24, 2.45) is 0 Å². The summed E-state index contributed by atoms with van der Waals surface area (Å²) in [4.78, 5) is 2.15. The van der Waals surface area contributed by atoms with Crippen molar-refractivity contribution < 1.29 is 17.9 Å². The molecule has 1 aromatic heterocycles. The van der Waals surface area contributed by atoms with Gasteiger partial charge in [0.15, 0.2) is 0 Å². The molecule has 4 nitrogen and oxygen atoms in total. The largest absolute Gasteiger partial charge is 0.522 e. The number of aromatic nitrogens is 2. The molecule has 3 rings (SSSR count). The molecule has 1 aromatic carbocycles. The van der Waals surface area contributed by atoms with E-state index in [-0.39, 0.29) is 0 Å². The Hall–Kier alpha value is -1.86. The highest BCUT2D eigenvalue weighted by Gasteiger charge is 2.35. The molecule has 2 aromatic rings. The predicted molar refractivity (Wildman–Crippen MR) is 88.9 cm³/mol. The van der Waals surface area contributed by atoms with Crippen molar-refractivity contribution in [1.29, 1.82) is 0 Å². The third kappa shape index (κ3) is 4.61. The Bertz CT molecular complexity index is 719. The number of ether oxygens (including phenoxy) is 1. The van der Waals surface area contributed by atoms with Crippen molar-refractivity contribution in [3.05, 3.63) is 41.1 Å². The van der Waals surface area contributed by atoms with Crippen LogP contribution in [0.1, 0.15) is 29.5 Å². The number of benzene rings is 1. The minimum atomic E-state index is -4.55. The van der Waals surface area contributed by atoms with Gasteiger partial charge < -0.3 is 0 Å². The summed E-state index contributed by atoms with van der Waals surface area (Å²) in [7, 11) is 0. The van der Waals surface area contributed by atoms with Crippen molar-refractivity contribution in [2.45, 2.75) is 45.7 Å². The second kappa shape index (κ2) is 7.17. The van der Waals surface area contributed by atoms with E-state index >= 15 is 0 Å². The van der Waals surface area contributed by atoms with Gasteiger partial charge in [-0.25, -0.2) is 0 Å². The molecule has 7 heteroatoms. The average molecular weight is 353 g/mol. The highest BCUT2D eigenvalue weighted by Crippen LogP contribution is 2.28. The van der Waals surface area contributed by atoms with E-state index in [2.05, 4.69) is 45.0 Å². The summed E-state index contributed by atoms with van der Waals surface area (Å²) >= 11 is 0. The topological polar surface area (TPSA) is 41.2 Å². The number of nitrogens with one attached hydrogen (secondary N) is 1. The molecule has 136 valence electrons. The van der Waals surface area contributed by atoms with E-state index in [1.807, 2.05) is 6.92 Å². The number of likely N-dealkylation sites (tertiary alicyclic amines) is 1. The highest BCUT2D eigenvalue weighted by molar-refractivity contribution is 5.67. The van der Waals surface area contributed by atoms with Gasteiger partial charge >= 0.3 is 6.36 Å². The quantitative estimate of drug-likeness (QED) is 0.896. The second-order valence-corrected chi connectivity index (χ2v) is 6.63. The minimum absolute atomic E-state index is 0.385. The van der Waals surface area contributed by atoms with Crippen molar-refractivity contribution in [3.63, 3.8) is 0 Å². The molecule has 0 atom stereocenters. The maximum atomic E-state index is 12.3. The molecule has 1 N–H and O–H groups in total. The van der Waals surface area contributed by atoms with Gasteiger partial charge in [0.1, 0.15) is 0 Å². The Balaban J connectivity index is 1.66.